The summed E-state index contributed by atoms with van der Waals surface area (Å²) in [6, 6.07) is 6.71. The van der Waals surface area contributed by atoms with Crippen LogP contribution in [0.25, 0.3) is 0 Å². The van der Waals surface area contributed by atoms with E-state index >= 15 is 0 Å². The molecule has 2 fully saturated rings. The molecule has 4 unspecified atom stereocenters. The lowest BCUT2D eigenvalue weighted by atomic mass is 9.85. The van der Waals surface area contributed by atoms with E-state index in [4.69, 9.17) is 0 Å². The van der Waals surface area contributed by atoms with Crippen LogP contribution < -0.4 is 4.90 Å². The minimum absolute atomic E-state index is 0.0343. The van der Waals surface area contributed by atoms with E-state index in [9.17, 15) is 14.4 Å². The Morgan fingerprint density at radius 2 is 1.38 bits per heavy atom. The van der Waals surface area contributed by atoms with Crippen molar-refractivity contribution < 1.29 is 14.4 Å². The molecule has 0 aromatic heterocycles. The summed E-state index contributed by atoms with van der Waals surface area (Å²) >= 11 is 0. The fourth-order valence-electron chi connectivity index (χ4n) is 4.53. The smallest absolute Gasteiger partial charge is 0.238 e. The Bertz CT molecular complexity index is 793. The van der Waals surface area contributed by atoms with Gasteiger partial charge in [0.2, 0.25) is 11.8 Å². The Hall–Kier alpha value is -2.49. The first-order valence-corrected chi connectivity index (χ1v) is 8.26. The van der Waals surface area contributed by atoms with E-state index in [1.807, 2.05) is 0 Å². The highest BCUT2D eigenvalue weighted by Crippen LogP contribution is 2.57. The topological polar surface area (TPSA) is 54.5 Å². The number of imide groups is 1. The van der Waals surface area contributed by atoms with Crippen LogP contribution in [-0.4, -0.2) is 17.6 Å². The predicted molar refractivity (Wildman–Crippen MR) is 90.4 cm³/mol. The fraction of sp³-hybridized carbons (Fsp3) is 0.350. The minimum atomic E-state index is -0.273. The lowest BCUT2D eigenvalue weighted by molar-refractivity contribution is -0.122. The number of allylic oxidation sites excluding steroid dienone is 4. The average Bonchev–Trinajstić information content (AvgIpc) is 3.18. The van der Waals surface area contributed by atoms with Crippen molar-refractivity contribution in [1.29, 1.82) is 0 Å². The average molecular weight is 321 g/mol. The molecule has 24 heavy (non-hydrogen) atoms. The summed E-state index contributed by atoms with van der Waals surface area (Å²) < 4.78 is 0. The van der Waals surface area contributed by atoms with Crippen molar-refractivity contribution in [2.75, 3.05) is 4.90 Å². The number of carbonyl (C=O) groups is 3. The van der Waals surface area contributed by atoms with E-state index in [1.54, 1.807) is 24.3 Å². The number of ketones is 1. The molecular weight excluding hydrogens is 302 g/mol. The SMILES string of the molecule is CC(=O)c1ccc(N2C(=O)C3C4C=CC(C4=C(C)C)C3C2=O)cc1. The maximum absolute atomic E-state index is 13.0. The van der Waals surface area contributed by atoms with Gasteiger partial charge in [-0.1, -0.05) is 23.3 Å². The summed E-state index contributed by atoms with van der Waals surface area (Å²) in [5.74, 6) is -0.694. The molecule has 2 bridgehead atoms. The summed E-state index contributed by atoms with van der Waals surface area (Å²) in [5.41, 5.74) is 3.59. The van der Waals surface area contributed by atoms with E-state index in [2.05, 4.69) is 26.0 Å². The highest BCUT2D eigenvalue weighted by Gasteiger charge is 2.61. The molecular formula is C20H19NO3. The van der Waals surface area contributed by atoms with Crippen LogP contribution in [0.3, 0.4) is 0 Å². The second-order valence-electron chi connectivity index (χ2n) is 7.06. The molecule has 4 nitrogen and oxygen atoms in total. The molecule has 0 radical (unpaired) electrons. The monoisotopic (exact) mass is 321 g/mol. The van der Waals surface area contributed by atoms with E-state index in [0.717, 1.165) is 0 Å². The van der Waals surface area contributed by atoms with Gasteiger partial charge in [0.25, 0.3) is 0 Å². The Kier molecular flexibility index (Phi) is 3.14. The van der Waals surface area contributed by atoms with Crippen molar-refractivity contribution >= 4 is 23.3 Å². The second kappa shape index (κ2) is 5.00. The molecule has 4 heteroatoms. The van der Waals surface area contributed by atoms with Crippen molar-refractivity contribution in [3.05, 3.63) is 53.1 Å². The van der Waals surface area contributed by atoms with Gasteiger partial charge in [0.1, 0.15) is 0 Å². The molecule has 2 aliphatic carbocycles. The number of fused-ring (bicyclic) bond motifs is 5. The normalized spacial score (nSPS) is 30.3. The fourth-order valence-corrected chi connectivity index (χ4v) is 4.53. The number of rotatable bonds is 2. The highest BCUT2D eigenvalue weighted by molar-refractivity contribution is 6.23. The minimum Gasteiger partial charge on any atom is -0.295 e. The van der Waals surface area contributed by atoms with Crippen LogP contribution >= 0.6 is 0 Å². The van der Waals surface area contributed by atoms with Crippen LogP contribution in [-0.2, 0) is 9.59 Å². The summed E-state index contributed by atoms with van der Waals surface area (Å²) in [6.45, 7) is 5.60. The third-order valence-corrected chi connectivity index (χ3v) is 5.53. The zero-order chi connectivity index (χ0) is 17.2. The van der Waals surface area contributed by atoms with Gasteiger partial charge in [-0.3, -0.25) is 14.4 Å². The summed E-state index contributed by atoms with van der Waals surface area (Å²) in [4.78, 5) is 38.6. The molecule has 1 aromatic carbocycles. The van der Waals surface area contributed by atoms with E-state index in [1.165, 1.54) is 23.0 Å². The molecule has 4 atom stereocenters. The van der Waals surface area contributed by atoms with Gasteiger partial charge >= 0.3 is 0 Å². The maximum atomic E-state index is 13.0. The molecule has 1 saturated carbocycles. The molecule has 1 aliphatic heterocycles. The van der Waals surface area contributed by atoms with Gasteiger partial charge in [-0.2, -0.15) is 0 Å². The van der Waals surface area contributed by atoms with Crippen molar-refractivity contribution in [1.82, 2.24) is 0 Å². The molecule has 0 N–H and O–H groups in total. The van der Waals surface area contributed by atoms with Crippen LogP contribution in [0.2, 0.25) is 0 Å². The van der Waals surface area contributed by atoms with E-state index in [-0.39, 0.29) is 41.3 Å². The molecule has 1 heterocycles. The number of amides is 2. The van der Waals surface area contributed by atoms with E-state index in [0.29, 0.717) is 11.3 Å². The van der Waals surface area contributed by atoms with Gasteiger partial charge in [0, 0.05) is 17.4 Å². The maximum Gasteiger partial charge on any atom is 0.238 e. The van der Waals surface area contributed by atoms with Crippen molar-refractivity contribution in [2.24, 2.45) is 23.7 Å². The summed E-state index contributed by atoms with van der Waals surface area (Å²) in [5, 5.41) is 0. The van der Waals surface area contributed by atoms with Crippen molar-refractivity contribution in [2.45, 2.75) is 20.8 Å². The van der Waals surface area contributed by atoms with Gasteiger partial charge in [-0.15, -0.1) is 0 Å². The van der Waals surface area contributed by atoms with Crippen LogP contribution in [0.5, 0.6) is 0 Å². The Morgan fingerprint density at radius 1 is 0.875 bits per heavy atom. The quantitative estimate of drug-likeness (QED) is 0.478. The van der Waals surface area contributed by atoms with Gasteiger partial charge in [-0.25, -0.2) is 4.90 Å². The predicted octanol–water partition coefficient (Wildman–Crippen LogP) is 3.15. The molecule has 4 rings (SSSR count). The largest absolute Gasteiger partial charge is 0.295 e. The second-order valence-corrected chi connectivity index (χ2v) is 7.06. The van der Waals surface area contributed by atoms with Gasteiger partial charge < -0.3 is 0 Å². The molecule has 3 aliphatic rings. The zero-order valence-electron chi connectivity index (χ0n) is 13.9. The van der Waals surface area contributed by atoms with Crippen LogP contribution in [0, 0.1) is 23.7 Å². The third kappa shape index (κ3) is 1.83. The number of hydrogen-bond donors (Lipinski definition) is 0. The number of benzene rings is 1. The summed E-state index contributed by atoms with van der Waals surface area (Å²) in [7, 11) is 0. The Labute approximate surface area is 140 Å². The lowest BCUT2D eigenvalue weighted by Gasteiger charge is -2.19. The van der Waals surface area contributed by atoms with Gasteiger partial charge in [0.05, 0.1) is 17.5 Å². The highest BCUT2D eigenvalue weighted by atomic mass is 16.2. The first kappa shape index (κ1) is 15.1. The number of nitrogens with zero attached hydrogens (tertiary/aromatic N) is 1. The number of hydrogen-bond acceptors (Lipinski definition) is 3. The van der Waals surface area contributed by atoms with Gasteiger partial charge in [0.15, 0.2) is 5.78 Å². The molecule has 122 valence electrons. The molecule has 0 spiro atoms. The molecule has 1 saturated heterocycles. The third-order valence-electron chi connectivity index (χ3n) is 5.53. The lowest BCUT2D eigenvalue weighted by Crippen LogP contribution is -2.33. The first-order valence-electron chi connectivity index (χ1n) is 8.26. The first-order chi connectivity index (χ1) is 11.4. The van der Waals surface area contributed by atoms with Crippen LogP contribution in [0.15, 0.2) is 47.6 Å². The van der Waals surface area contributed by atoms with Crippen LogP contribution in [0.1, 0.15) is 31.1 Å². The number of anilines is 1. The summed E-state index contributed by atoms with van der Waals surface area (Å²) in [6.07, 6.45) is 4.17. The van der Waals surface area contributed by atoms with Crippen LogP contribution in [0.4, 0.5) is 5.69 Å². The van der Waals surface area contributed by atoms with Gasteiger partial charge in [-0.05, 0) is 45.0 Å². The molecule has 2 amide bonds. The van der Waals surface area contributed by atoms with Crippen molar-refractivity contribution in [3.8, 4) is 0 Å². The van der Waals surface area contributed by atoms with Crippen molar-refractivity contribution in [3.63, 3.8) is 0 Å². The standard InChI is InChI=1S/C20H19NO3/c1-10(2)16-14-8-9-15(16)18-17(14)19(23)21(20(18)24)13-6-4-12(5-7-13)11(3)22/h4-9,14-15,17-18H,1-3H3. The molecule has 1 aromatic rings. The zero-order valence-corrected chi connectivity index (χ0v) is 13.9. The van der Waals surface area contributed by atoms with E-state index < -0.39 is 0 Å². The Morgan fingerprint density at radius 3 is 1.79 bits per heavy atom. The number of carbonyl (C=O) groups excluding carboxylic acids is 3. The Balaban J connectivity index is 1.71. The number of Topliss-reactive ketones (excluding diaryl/α,β-unsaturated/α-hetero) is 1.